The fourth-order valence-corrected chi connectivity index (χ4v) is 4.54. The number of aromatic hydroxyl groups is 1. The number of halogens is 1. The van der Waals surface area contributed by atoms with Gasteiger partial charge in [0.2, 0.25) is 0 Å². The summed E-state index contributed by atoms with van der Waals surface area (Å²) in [6.07, 6.45) is 0.828. The first-order valence-corrected chi connectivity index (χ1v) is 11.8. The number of carbonyl (C=O) groups is 2. The molecule has 1 heterocycles. The van der Waals surface area contributed by atoms with Crippen LogP contribution in [0.25, 0.3) is 5.76 Å². The number of phenolic OH excluding ortho intramolecular Hbond substituents is 1. The van der Waals surface area contributed by atoms with Gasteiger partial charge in [0, 0.05) is 16.3 Å². The van der Waals surface area contributed by atoms with Gasteiger partial charge in [-0.3, -0.25) is 14.5 Å². The highest BCUT2D eigenvalue weighted by Crippen LogP contribution is 2.45. The van der Waals surface area contributed by atoms with Crippen LogP contribution in [0.1, 0.15) is 42.1 Å². The smallest absolute Gasteiger partial charge is 0.300 e. The van der Waals surface area contributed by atoms with Crippen molar-refractivity contribution in [3.8, 4) is 11.5 Å². The lowest BCUT2D eigenvalue weighted by molar-refractivity contribution is -0.132. The first kappa shape index (κ1) is 24.4. The van der Waals surface area contributed by atoms with Gasteiger partial charge < -0.3 is 14.9 Å². The maximum atomic E-state index is 13.4. The van der Waals surface area contributed by atoms with Gasteiger partial charge in [-0.15, -0.1) is 0 Å². The third kappa shape index (κ3) is 4.49. The number of hydrogen-bond donors (Lipinski definition) is 2. The Balaban J connectivity index is 1.96. The molecule has 35 heavy (non-hydrogen) atoms. The van der Waals surface area contributed by atoms with Crippen molar-refractivity contribution in [2.24, 2.45) is 0 Å². The summed E-state index contributed by atoms with van der Waals surface area (Å²) >= 11 is 6.13. The molecule has 7 heteroatoms. The van der Waals surface area contributed by atoms with Crippen molar-refractivity contribution in [1.82, 2.24) is 0 Å². The molecule has 0 saturated carbocycles. The molecule has 6 nitrogen and oxygen atoms in total. The number of anilines is 1. The molecule has 3 aromatic carbocycles. The third-order valence-corrected chi connectivity index (χ3v) is 6.33. The molecule has 0 spiro atoms. The lowest BCUT2D eigenvalue weighted by Gasteiger charge is -2.27. The maximum absolute atomic E-state index is 13.4. The summed E-state index contributed by atoms with van der Waals surface area (Å²) in [5.41, 5.74) is 3.17. The normalized spacial score (nSPS) is 17.1. The number of ketones is 1. The molecule has 1 amide bonds. The van der Waals surface area contributed by atoms with E-state index in [0.717, 1.165) is 12.0 Å². The van der Waals surface area contributed by atoms with Crippen molar-refractivity contribution in [2.75, 3.05) is 11.5 Å². The van der Waals surface area contributed by atoms with Gasteiger partial charge in [0.1, 0.15) is 5.76 Å². The molecular weight excluding hydrogens is 466 g/mol. The summed E-state index contributed by atoms with van der Waals surface area (Å²) in [5, 5.41) is 22.0. The fourth-order valence-electron chi connectivity index (χ4n) is 4.31. The quantitative estimate of drug-likeness (QED) is 0.253. The molecule has 0 aliphatic carbocycles. The molecule has 1 unspecified atom stereocenters. The number of aliphatic hydroxyl groups is 1. The van der Waals surface area contributed by atoms with Gasteiger partial charge in [0.25, 0.3) is 11.7 Å². The average molecular weight is 492 g/mol. The Bertz CT molecular complexity index is 1330. The van der Waals surface area contributed by atoms with E-state index in [4.69, 9.17) is 16.3 Å². The molecule has 0 bridgehead atoms. The molecule has 1 fully saturated rings. The van der Waals surface area contributed by atoms with Gasteiger partial charge in [-0.2, -0.15) is 0 Å². The van der Waals surface area contributed by atoms with E-state index in [2.05, 4.69) is 0 Å². The Morgan fingerprint density at radius 3 is 2.37 bits per heavy atom. The molecule has 1 saturated heterocycles. The van der Waals surface area contributed by atoms with E-state index in [0.29, 0.717) is 34.0 Å². The minimum absolute atomic E-state index is 0.0401. The van der Waals surface area contributed by atoms with Crippen LogP contribution in [-0.2, 0) is 16.0 Å². The predicted molar refractivity (Wildman–Crippen MR) is 136 cm³/mol. The Morgan fingerprint density at radius 1 is 1.03 bits per heavy atom. The Labute approximate surface area is 209 Å². The molecular formula is C28H26ClNO5. The van der Waals surface area contributed by atoms with Crippen LogP contribution < -0.4 is 9.64 Å². The second-order valence-corrected chi connectivity index (χ2v) is 8.75. The van der Waals surface area contributed by atoms with Crippen molar-refractivity contribution in [2.45, 2.75) is 33.2 Å². The summed E-state index contributed by atoms with van der Waals surface area (Å²) in [6.45, 7) is 5.92. The molecule has 180 valence electrons. The van der Waals surface area contributed by atoms with Crippen molar-refractivity contribution < 1.29 is 24.5 Å². The van der Waals surface area contributed by atoms with Crippen molar-refractivity contribution in [1.29, 1.82) is 0 Å². The monoisotopic (exact) mass is 491 g/mol. The minimum Gasteiger partial charge on any atom is -0.507 e. The molecule has 0 radical (unpaired) electrons. The third-order valence-electron chi connectivity index (χ3n) is 6.10. The number of benzene rings is 3. The number of phenols is 1. The number of aryl methyl sites for hydroxylation is 2. The summed E-state index contributed by atoms with van der Waals surface area (Å²) < 4.78 is 5.54. The van der Waals surface area contributed by atoms with Gasteiger partial charge in [-0.1, -0.05) is 48.9 Å². The van der Waals surface area contributed by atoms with E-state index in [1.165, 1.54) is 11.0 Å². The van der Waals surface area contributed by atoms with Crippen LogP contribution in [0.15, 0.2) is 66.2 Å². The lowest BCUT2D eigenvalue weighted by atomic mass is 9.94. The molecule has 3 aromatic rings. The van der Waals surface area contributed by atoms with Crippen LogP contribution in [0.5, 0.6) is 11.5 Å². The molecule has 1 atom stereocenters. The lowest BCUT2D eigenvalue weighted by Crippen LogP contribution is -2.30. The van der Waals surface area contributed by atoms with Crippen molar-refractivity contribution in [3.05, 3.63) is 93.5 Å². The average Bonchev–Trinajstić information content (AvgIpc) is 3.10. The molecule has 4 rings (SSSR count). The van der Waals surface area contributed by atoms with Crippen LogP contribution in [0, 0.1) is 6.92 Å². The van der Waals surface area contributed by atoms with E-state index in [9.17, 15) is 19.8 Å². The van der Waals surface area contributed by atoms with E-state index in [-0.39, 0.29) is 22.8 Å². The topological polar surface area (TPSA) is 87.1 Å². The van der Waals surface area contributed by atoms with E-state index in [1.54, 1.807) is 56.3 Å². The molecule has 2 N–H and O–H groups in total. The number of amides is 1. The van der Waals surface area contributed by atoms with Gasteiger partial charge in [0.15, 0.2) is 11.5 Å². The highest BCUT2D eigenvalue weighted by atomic mass is 35.5. The Hall–Kier alpha value is -3.77. The summed E-state index contributed by atoms with van der Waals surface area (Å²) in [4.78, 5) is 28.1. The molecule has 0 aromatic heterocycles. The number of aliphatic hydroxyl groups excluding tert-OH is 1. The van der Waals surface area contributed by atoms with Crippen LogP contribution in [-0.4, -0.2) is 28.5 Å². The number of carbonyl (C=O) groups excluding carboxylic acids is 2. The number of nitrogens with zero attached hydrogens (tertiary/aromatic N) is 1. The number of hydrogen-bond acceptors (Lipinski definition) is 5. The van der Waals surface area contributed by atoms with Gasteiger partial charge in [-0.25, -0.2) is 0 Å². The summed E-state index contributed by atoms with van der Waals surface area (Å²) in [5.74, 6) is -1.68. The standard InChI is InChI=1S/C28H26ClNO5/c1-4-17-6-8-18(9-7-17)26(32)24-25(19-10-13-22(31)23(15-19)35-5-2)30(28(34)27(24)33)21-12-11-20(29)14-16(21)3/h6-15,25,31-32H,4-5H2,1-3H3/b26-24+. The van der Waals surface area contributed by atoms with Gasteiger partial charge >= 0.3 is 0 Å². The second-order valence-electron chi connectivity index (χ2n) is 8.31. The molecule has 1 aliphatic heterocycles. The fraction of sp³-hybridized carbons (Fsp3) is 0.214. The van der Waals surface area contributed by atoms with Crippen LogP contribution >= 0.6 is 11.6 Å². The Kier molecular flexibility index (Phi) is 6.85. The molecule has 1 aliphatic rings. The van der Waals surface area contributed by atoms with Crippen LogP contribution in [0.4, 0.5) is 5.69 Å². The zero-order chi connectivity index (χ0) is 25.3. The van der Waals surface area contributed by atoms with Crippen molar-refractivity contribution in [3.63, 3.8) is 0 Å². The summed E-state index contributed by atoms with van der Waals surface area (Å²) in [6, 6.07) is 15.9. The van der Waals surface area contributed by atoms with Crippen LogP contribution in [0.3, 0.4) is 0 Å². The van der Waals surface area contributed by atoms with Crippen molar-refractivity contribution >= 4 is 34.7 Å². The van der Waals surface area contributed by atoms with E-state index >= 15 is 0 Å². The maximum Gasteiger partial charge on any atom is 0.300 e. The number of rotatable bonds is 6. The highest BCUT2D eigenvalue weighted by Gasteiger charge is 2.47. The predicted octanol–water partition coefficient (Wildman–Crippen LogP) is 5.94. The number of ether oxygens (including phenoxy) is 1. The first-order chi connectivity index (χ1) is 16.8. The van der Waals surface area contributed by atoms with E-state index in [1.807, 2.05) is 19.1 Å². The summed E-state index contributed by atoms with van der Waals surface area (Å²) in [7, 11) is 0. The van der Waals surface area contributed by atoms with Gasteiger partial charge in [0.05, 0.1) is 18.2 Å². The minimum atomic E-state index is -0.944. The largest absolute Gasteiger partial charge is 0.507 e. The highest BCUT2D eigenvalue weighted by molar-refractivity contribution is 6.51. The second kappa shape index (κ2) is 9.84. The zero-order valence-corrected chi connectivity index (χ0v) is 20.5. The first-order valence-electron chi connectivity index (χ1n) is 11.4. The number of Topliss-reactive ketones (excluding diaryl/α,β-unsaturated/α-hetero) is 1. The SMILES string of the molecule is CCOc1cc(C2/C(=C(\O)c3ccc(CC)cc3)C(=O)C(=O)N2c2ccc(Cl)cc2C)ccc1O. The zero-order valence-electron chi connectivity index (χ0n) is 19.7. The van der Waals surface area contributed by atoms with Gasteiger partial charge in [-0.05, 0) is 67.3 Å². The van der Waals surface area contributed by atoms with Crippen LogP contribution in [0.2, 0.25) is 5.02 Å². The Morgan fingerprint density at radius 2 is 1.74 bits per heavy atom. The van der Waals surface area contributed by atoms with E-state index < -0.39 is 17.7 Å².